The summed E-state index contributed by atoms with van der Waals surface area (Å²) in [6.07, 6.45) is 0. The molecule has 0 radical (unpaired) electrons. The van der Waals surface area contributed by atoms with Gasteiger partial charge in [-0.2, -0.15) is 0 Å². The number of hydrogen-bond donors (Lipinski definition) is 0. The Balaban J connectivity index is 1.11. The molecule has 0 amide bonds. The van der Waals surface area contributed by atoms with Gasteiger partial charge in [0.05, 0.1) is 16.8 Å². The summed E-state index contributed by atoms with van der Waals surface area (Å²) in [5.74, 6) is 0. The van der Waals surface area contributed by atoms with Crippen molar-refractivity contribution < 1.29 is 0 Å². The fraction of sp³-hybridized carbons (Fsp3) is 0.0714. The van der Waals surface area contributed by atoms with E-state index in [4.69, 9.17) is 0 Å². The van der Waals surface area contributed by atoms with Gasteiger partial charge >= 0.3 is 0 Å². The van der Waals surface area contributed by atoms with Crippen LogP contribution in [0.5, 0.6) is 0 Å². The number of fused-ring (bicyclic) bond motifs is 9. The standard InChI is InChI=1S/C56H39N/c1-55(2)47-26-14-13-24-45(47)53-50(55)34-32-44-43-31-30-40(42-25-16-28-51(52(42)43)57(54(44)53)39-21-10-5-11-22-39)36-29-33-49-46(35-36)41-23-12-15-27-48(41)56(49,37-17-6-3-7-18-37)38-19-8-4-9-20-38/h3-35H,1-2H3. The molecule has 57 heavy (non-hydrogen) atoms. The van der Waals surface area contributed by atoms with Crippen LogP contribution in [0.4, 0.5) is 17.1 Å². The molecule has 0 atom stereocenters. The zero-order valence-corrected chi connectivity index (χ0v) is 32.0. The molecule has 0 spiro atoms. The smallest absolute Gasteiger partial charge is 0.0713 e. The maximum absolute atomic E-state index is 2.54. The summed E-state index contributed by atoms with van der Waals surface area (Å²) in [6, 6.07) is 74.8. The van der Waals surface area contributed by atoms with E-state index >= 15 is 0 Å². The highest BCUT2D eigenvalue weighted by atomic mass is 15.2. The van der Waals surface area contributed by atoms with Crippen LogP contribution in [0.2, 0.25) is 0 Å². The van der Waals surface area contributed by atoms with Crippen LogP contribution >= 0.6 is 0 Å². The molecule has 1 aliphatic heterocycles. The van der Waals surface area contributed by atoms with Gasteiger partial charge in [-0.15, -0.1) is 0 Å². The molecular weight excluding hydrogens is 687 g/mol. The lowest BCUT2D eigenvalue weighted by Crippen LogP contribution is -2.28. The van der Waals surface area contributed by atoms with Gasteiger partial charge < -0.3 is 4.90 Å². The van der Waals surface area contributed by atoms with E-state index in [2.05, 4.69) is 219 Å². The third-order valence-corrected chi connectivity index (χ3v) is 13.3. The second-order valence-electron chi connectivity index (χ2n) is 16.4. The van der Waals surface area contributed by atoms with Crippen molar-refractivity contribution in [3.63, 3.8) is 0 Å². The lowest BCUT2D eigenvalue weighted by molar-refractivity contribution is 0.660. The topological polar surface area (TPSA) is 3.24 Å². The Morgan fingerprint density at radius 1 is 0.386 bits per heavy atom. The molecular formula is C56H39N. The average Bonchev–Trinajstić information content (AvgIpc) is 3.70. The van der Waals surface area contributed by atoms with Gasteiger partial charge in [0.25, 0.3) is 0 Å². The summed E-state index contributed by atoms with van der Waals surface area (Å²) in [5.41, 5.74) is 21.5. The average molecular weight is 726 g/mol. The van der Waals surface area contributed by atoms with Gasteiger partial charge in [0.1, 0.15) is 0 Å². The number of anilines is 3. The van der Waals surface area contributed by atoms with Crippen LogP contribution in [-0.2, 0) is 10.8 Å². The second-order valence-corrected chi connectivity index (χ2v) is 16.4. The van der Waals surface area contributed by atoms with Crippen LogP contribution in [-0.4, -0.2) is 0 Å². The Hall–Kier alpha value is -6.96. The molecule has 12 rings (SSSR count). The van der Waals surface area contributed by atoms with Crippen LogP contribution in [0.25, 0.3) is 55.3 Å². The van der Waals surface area contributed by atoms with Crippen molar-refractivity contribution in [3.05, 3.63) is 234 Å². The minimum atomic E-state index is -0.416. The molecule has 2 aliphatic carbocycles. The molecule has 1 heterocycles. The third kappa shape index (κ3) is 4.24. The molecule has 0 aromatic heterocycles. The predicted molar refractivity (Wildman–Crippen MR) is 238 cm³/mol. The molecule has 0 saturated carbocycles. The Labute approximate surface area is 334 Å². The SMILES string of the molecule is CC1(C)c2ccccc2-c2c1ccc1c2N(c2ccccc2)c2cccc3c(-c4ccc5c(c4)-c4ccccc4C5(c4ccccc4)c4ccccc4)ccc-1c23. The van der Waals surface area contributed by atoms with E-state index in [9.17, 15) is 0 Å². The Morgan fingerprint density at radius 3 is 1.70 bits per heavy atom. The fourth-order valence-corrected chi connectivity index (χ4v) is 10.9. The van der Waals surface area contributed by atoms with E-state index in [1.165, 1.54) is 106 Å². The summed E-state index contributed by atoms with van der Waals surface area (Å²) < 4.78 is 0. The van der Waals surface area contributed by atoms with Crippen LogP contribution in [0.1, 0.15) is 47.2 Å². The highest BCUT2D eigenvalue weighted by molar-refractivity contribution is 6.20. The molecule has 9 aromatic carbocycles. The summed E-state index contributed by atoms with van der Waals surface area (Å²) in [6.45, 7) is 4.75. The van der Waals surface area contributed by atoms with Crippen LogP contribution in [0.3, 0.4) is 0 Å². The zero-order valence-electron chi connectivity index (χ0n) is 32.0. The van der Waals surface area contributed by atoms with E-state index in [-0.39, 0.29) is 5.41 Å². The minimum absolute atomic E-state index is 0.0930. The molecule has 0 saturated heterocycles. The first-order chi connectivity index (χ1) is 28.1. The Kier molecular flexibility index (Phi) is 6.67. The van der Waals surface area contributed by atoms with Crippen molar-refractivity contribution in [3.8, 4) is 44.5 Å². The third-order valence-electron chi connectivity index (χ3n) is 13.3. The van der Waals surface area contributed by atoms with Crippen LogP contribution in [0, 0.1) is 0 Å². The zero-order chi connectivity index (χ0) is 37.9. The lowest BCUT2D eigenvalue weighted by atomic mass is 9.67. The van der Waals surface area contributed by atoms with E-state index in [0.29, 0.717) is 0 Å². The van der Waals surface area contributed by atoms with Gasteiger partial charge in [0.15, 0.2) is 0 Å². The highest BCUT2D eigenvalue weighted by Crippen LogP contribution is 2.61. The van der Waals surface area contributed by atoms with E-state index in [1.807, 2.05) is 0 Å². The maximum atomic E-state index is 2.54. The number of rotatable bonds is 4. The molecule has 9 aromatic rings. The van der Waals surface area contributed by atoms with Crippen LogP contribution in [0.15, 0.2) is 200 Å². The summed E-state index contributed by atoms with van der Waals surface area (Å²) in [5, 5.41) is 2.56. The minimum Gasteiger partial charge on any atom is -0.309 e. The number of para-hydroxylation sites is 1. The summed E-state index contributed by atoms with van der Waals surface area (Å²) in [7, 11) is 0. The quantitative estimate of drug-likeness (QED) is 0.175. The first kappa shape index (κ1) is 32.3. The normalized spacial score (nSPS) is 14.7. The Bertz CT molecular complexity index is 3040. The van der Waals surface area contributed by atoms with Gasteiger partial charge in [0, 0.05) is 27.6 Å². The van der Waals surface area contributed by atoms with Gasteiger partial charge in [-0.3, -0.25) is 0 Å². The molecule has 0 unspecified atom stereocenters. The fourth-order valence-electron chi connectivity index (χ4n) is 10.9. The largest absolute Gasteiger partial charge is 0.309 e. The van der Waals surface area contributed by atoms with Crippen molar-refractivity contribution in [1.29, 1.82) is 0 Å². The van der Waals surface area contributed by atoms with Crippen LogP contribution < -0.4 is 4.90 Å². The van der Waals surface area contributed by atoms with Gasteiger partial charge in [-0.05, 0) is 96.4 Å². The molecule has 0 bridgehead atoms. The summed E-state index contributed by atoms with van der Waals surface area (Å²) in [4.78, 5) is 2.54. The number of nitrogens with zero attached hydrogens (tertiary/aromatic N) is 1. The van der Waals surface area contributed by atoms with Crippen molar-refractivity contribution >= 4 is 27.8 Å². The molecule has 3 aliphatic rings. The lowest BCUT2D eigenvalue weighted by Gasteiger charge is -2.36. The predicted octanol–water partition coefficient (Wildman–Crippen LogP) is 14.6. The number of benzene rings is 9. The molecule has 1 nitrogen and oxygen atoms in total. The monoisotopic (exact) mass is 725 g/mol. The van der Waals surface area contributed by atoms with Crippen molar-refractivity contribution in [2.45, 2.75) is 24.7 Å². The molecule has 0 N–H and O–H groups in total. The van der Waals surface area contributed by atoms with Gasteiger partial charge in [-0.1, -0.05) is 190 Å². The van der Waals surface area contributed by atoms with Crippen molar-refractivity contribution in [1.82, 2.24) is 0 Å². The first-order valence-corrected chi connectivity index (χ1v) is 20.1. The van der Waals surface area contributed by atoms with E-state index in [0.717, 1.165) is 0 Å². The highest BCUT2D eigenvalue weighted by Gasteiger charge is 2.46. The maximum Gasteiger partial charge on any atom is 0.0713 e. The molecule has 0 fully saturated rings. The van der Waals surface area contributed by atoms with E-state index < -0.39 is 5.41 Å². The van der Waals surface area contributed by atoms with Crippen molar-refractivity contribution in [2.24, 2.45) is 0 Å². The van der Waals surface area contributed by atoms with E-state index in [1.54, 1.807) is 0 Å². The molecule has 1 heteroatoms. The second kappa shape index (κ2) is 11.8. The van der Waals surface area contributed by atoms with Crippen molar-refractivity contribution in [2.75, 3.05) is 4.90 Å². The first-order valence-electron chi connectivity index (χ1n) is 20.1. The number of hydrogen-bond acceptors (Lipinski definition) is 1. The van der Waals surface area contributed by atoms with Gasteiger partial charge in [0.2, 0.25) is 0 Å². The van der Waals surface area contributed by atoms with Gasteiger partial charge in [-0.25, -0.2) is 0 Å². The summed E-state index contributed by atoms with van der Waals surface area (Å²) >= 11 is 0. The molecule has 268 valence electrons. The Morgan fingerprint density at radius 2 is 0.965 bits per heavy atom.